The second-order valence-electron chi connectivity index (χ2n) is 4.97. The topological polar surface area (TPSA) is 67.4 Å². The van der Waals surface area contributed by atoms with Crippen LogP contribution in [0.15, 0.2) is 30.3 Å². The van der Waals surface area contributed by atoms with Crippen molar-refractivity contribution in [3.05, 3.63) is 35.9 Å². The molecule has 1 unspecified atom stereocenters. The molecule has 5 nitrogen and oxygen atoms in total. The first-order chi connectivity index (χ1) is 9.77. The Morgan fingerprint density at radius 2 is 2.10 bits per heavy atom. The van der Waals surface area contributed by atoms with Gasteiger partial charge in [0, 0.05) is 0 Å². The molecule has 2 rings (SSSR count). The number of hydrogen-bond donors (Lipinski definition) is 2. The summed E-state index contributed by atoms with van der Waals surface area (Å²) >= 11 is 0. The molecule has 107 valence electrons. The van der Waals surface area contributed by atoms with E-state index in [-0.39, 0.29) is 12.6 Å². The van der Waals surface area contributed by atoms with E-state index in [0.29, 0.717) is 19.4 Å². The molecule has 1 radical (unpaired) electrons. The van der Waals surface area contributed by atoms with Gasteiger partial charge in [0.2, 0.25) is 0 Å². The van der Waals surface area contributed by atoms with Crippen molar-refractivity contribution in [1.29, 1.82) is 0 Å². The quantitative estimate of drug-likeness (QED) is 0.619. The third-order valence-electron chi connectivity index (χ3n) is 3.58. The lowest BCUT2D eigenvalue weighted by atomic mass is 9.91. The van der Waals surface area contributed by atoms with Crippen LogP contribution < -0.4 is 10.6 Å². The molecule has 1 atom stereocenters. The van der Waals surface area contributed by atoms with Crippen molar-refractivity contribution in [2.45, 2.75) is 31.4 Å². The van der Waals surface area contributed by atoms with Crippen molar-refractivity contribution in [1.82, 2.24) is 10.6 Å². The van der Waals surface area contributed by atoms with Crippen LogP contribution in [0.3, 0.4) is 0 Å². The predicted molar refractivity (Wildman–Crippen MR) is 74.5 cm³/mol. The van der Waals surface area contributed by atoms with Gasteiger partial charge in [-0.2, -0.15) is 0 Å². The number of amides is 1. The summed E-state index contributed by atoms with van der Waals surface area (Å²) in [7, 11) is 0. The Balaban J connectivity index is 2.01. The van der Waals surface area contributed by atoms with E-state index >= 15 is 0 Å². The number of esters is 1. The Kier molecular flexibility index (Phi) is 5.12. The third-order valence-corrected chi connectivity index (χ3v) is 3.58. The minimum absolute atomic E-state index is 0.218. The van der Waals surface area contributed by atoms with Crippen LogP contribution >= 0.6 is 0 Å². The molecule has 5 heteroatoms. The number of carbonyl (C=O) groups excluding carboxylic acids is 2. The zero-order valence-corrected chi connectivity index (χ0v) is 11.4. The Bertz CT molecular complexity index is 440. The van der Waals surface area contributed by atoms with Gasteiger partial charge in [0.25, 0.3) is 0 Å². The van der Waals surface area contributed by atoms with Crippen LogP contribution in [0.25, 0.3) is 0 Å². The second-order valence-corrected chi connectivity index (χ2v) is 4.97. The first kappa shape index (κ1) is 14.5. The Labute approximate surface area is 118 Å². The summed E-state index contributed by atoms with van der Waals surface area (Å²) < 4.78 is 5.37. The average molecular weight is 275 g/mol. The molecule has 0 bridgehead atoms. The van der Waals surface area contributed by atoms with Gasteiger partial charge in [-0.1, -0.05) is 30.3 Å². The SMILES string of the molecule is O=[C]NC1(C(=O)OCc2ccccc2)CCCNCC1. The highest BCUT2D eigenvalue weighted by molar-refractivity contribution is 5.83. The molecule has 1 aliphatic rings. The van der Waals surface area contributed by atoms with Crippen molar-refractivity contribution in [2.24, 2.45) is 0 Å². The molecule has 1 amide bonds. The molecule has 1 aliphatic heterocycles. The molecule has 1 saturated heterocycles. The van der Waals surface area contributed by atoms with Crippen LogP contribution in [0.5, 0.6) is 0 Å². The molecular formula is C15H19N2O3. The largest absolute Gasteiger partial charge is 0.459 e. The highest BCUT2D eigenvalue weighted by atomic mass is 16.5. The third kappa shape index (κ3) is 3.57. The van der Waals surface area contributed by atoms with Gasteiger partial charge >= 0.3 is 12.4 Å². The number of hydrogen-bond acceptors (Lipinski definition) is 4. The second kappa shape index (κ2) is 7.05. The van der Waals surface area contributed by atoms with E-state index in [2.05, 4.69) is 10.6 Å². The normalized spacial score (nSPS) is 22.6. The van der Waals surface area contributed by atoms with Crippen molar-refractivity contribution >= 4 is 12.4 Å². The van der Waals surface area contributed by atoms with E-state index in [1.807, 2.05) is 30.3 Å². The highest BCUT2D eigenvalue weighted by Crippen LogP contribution is 2.21. The molecule has 1 heterocycles. The van der Waals surface area contributed by atoms with E-state index in [9.17, 15) is 9.59 Å². The molecule has 2 N–H and O–H groups in total. The van der Waals surface area contributed by atoms with Crippen LogP contribution in [0.1, 0.15) is 24.8 Å². The van der Waals surface area contributed by atoms with Crippen LogP contribution in [0.4, 0.5) is 0 Å². The Morgan fingerprint density at radius 1 is 1.30 bits per heavy atom. The molecular weight excluding hydrogens is 256 g/mol. The molecule has 1 aromatic rings. The summed E-state index contributed by atoms with van der Waals surface area (Å²) in [5, 5.41) is 5.77. The number of rotatable bonds is 5. The van der Waals surface area contributed by atoms with Crippen LogP contribution in [-0.2, 0) is 20.9 Å². The first-order valence-electron chi connectivity index (χ1n) is 6.83. The standard InChI is InChI=1S/C15H19N2O3/c18-12-17-15(7-4-9-16-10-8-15)14(19)20-11-13-5-2-1-3-6-13/h1-3,5-6,16H,4,7-11H2,(H,17,18). The zero-order valence-electron chi connectivity index (χ0n) is 11.4. The van der Waals surface area contributed by atoms with E-state index in [1.165, 1.54) is 0 Å². The van der Waals surface area contributed by atoms with E-state index in [1.54, 1.807) is 6.41 Å². The first-order valence-corrected chi connectivity index (χ1v) is 6.83. The molecule has 20 heavy (non-hydrogen) atoms. The Morgan fingerprint density at radius 3 is 2.85 bits per heavy atom. The zero-order chi connectivity index (χ0) is 14.3. The van der Waals surface area contributed by atoms with Crippen molar-refractivity contribution in [3.8, 4) is 0 Å². The van der Waals surface area contributed by atoms with Gasteiger partial charge in [-0.15, -0.1) is 0 Å². The van der Waals surface area contributed by atoms with E-state index in [4.69, 9.17) is 4.74 Å². The fraction of sp³-hybridized carbons (Fsp3) is 0.467. The van der Waals surface area contributed by atoms with E-state index in [0.717, 1.165) is 18.5 Å². The number of carbonyl (C=O) groups is 1. The van der Waals surface area contributed by atoms with Gasteiger partial charge in [0.05, 0.1) is 0 Å². The maximum Gasteiger partial charge on any atom is 0.332 e. The fourth-order valence-corrected chi connectivity index (χ4v) is 2.41. The summed E-state index contributed by atoms with van der Waals surface area (Å²) in [6, 6.07) is 9.49. The van der Waals surface area contributed by atoms with Gasteiger partial charge in [-0.25, -0.2) is 4.79 Å². The summed E-state index contributed by atoms with van der Waals surface area (Å²) in [6.45, 7) is 1.73. The van der Waals surface area contributed by atoms with Gasteiger partial charge in [-0.3, -0.25) is 4.79 Å². The average Bonchev–Trinajstić information content (AvgIpc) is 2.73. The molecule has 1 aromatic carbocycles. The van der Waals surface area contributed by atoms with E-state index < -0.39 is 5.54 Å². The summed E-state index contributed by atoms with van der Waals surface area (Å²) in [4.78, 5) is 23.0. The van der Waals surface area contributed by atoms with Gasteiger partial charge in [0.1, 0.15) is 12.1 Å². The lowest BCUT2D eigenvalue weighted by molar-refractivity contribution is -0.153. The van der Waals surface area contributed by atoms with Crippen LogP contribution in [-0.4, -0.2) is 31.0 Å². The predicted octanol–water partition coefficient (Wildman–Crippen LogP) is 0.899. The number of ether oxygens (including phenoxy) is 1. The smallest absolute Gasteiger partial charge is 0.332 e. The summed E-state index contributed by atoms with van der Waals surface area (Å²) in [5.41, 5.74) is -0.0159. The summed E-state index contributed by atoms with van der Waals surface area (Å²) in [5.74, 6) is -0.381. The highest BCUT2D eigenvalue weighted by Gasteiger charge is 2.40. The molecule has 0 aromatic heterocycles. The molecule has 0 aliphatic carbocycles. The Hall–Kier alpha value is -1.88. The van der Waals surface area contributed by atoms with Crippen LogP contribution in [0, 0.1) is 0 Å². The minimum Gasteiger partial charge on any atom is -0.459 e. The molecule has 0 spiro atoms. The van der Waals surface area contributed by atoms with Crippen molar-refractivity contribution in [3.63, 3.8) is 0 Å². The maximum absolute atomic E-state index is 12.3. The lowest BCUT2D eigenvalue weighted by Crippen LogP contribution is -2.52. The van der Waals surface area contributed by atoms with Crippen LogP contribution in [0.2, 0.25) is 0 Å². The lowest BCUT2D eigenvalue weighted by Gasteiger charge is -2.28. The fourth-order valence-electron chi connectivity index (χ4n) is 2.41. The minimum atomic E-state index is -0.944. The molecule has 1 fully saturated rings. The number of nitrogens with one attached hydrogen (secondary N) is 2. The van der Waals surface area contributed by atoms with Crippen molar-refractivity contribution in [2.75, 3.05) is 13.1 Å². The van der Waals surface area contributed by atoms with Gasteiger partial charge < -0.3 is 15.4 Å². The van der Waals surface area contributed by atoms with Crippen molar-refractivity contribution < 1.29 is 14.3 Å². The number of benzene rings is 1. The summed E-state index contributed by atoms with van der Waals surface area (Å²) in [6.07, 6.45) is 3.57. The molecule has 0 saturated carbocycles. The van der Waals surface area contributed by atoms with Gasteiger partial charge in [-0.05, 0) is 37.9 Å². The monoisotopic (exact) mass is 275 g/mol. The van der Waals surface area contributed by atoms with Gasteiger partial charge in [0.15, 0.2) is 0 Å². The maximum atomic E-state index is 12.3.